The monoisotopic (exact) mass is 231 g/mol. The molecule has 66 valence electrons. The van der Waals surface area contributed by atoms with E-state index >= 15 is 0 Å². The van der Waals surface area contributed by atoms with Crippen LogP contribution < -0.4 is 10.1 Å². The highest BCUT2D eigenvalue weighted by Crippen LogP contribution is 2.26. The molecular formula is C7H10BrN3O. The van der Waals surface area contributed by atoms with Gasteiger partial charge in [-0.1, -0.05) is 0 Å². The molecular weight excluding hydrogens is 222 g/mol. The van der Waals surface area contributed by atoms with E-state index in [9.17, 15) is 0 Å². The van der Waals surface area contributed by atoms with Crippen LogP contribution in [0.25, 0.3) is 0 Å². The van der Waals surface area contributed by atoms with Gasteiger partial charge in [-0.2, -0.15) is 5.10 Å². The summed E-state index contributed by atoms with van der Waals surface area (Å²) in [6, 6.07) is 0.365. The van der Waals surface area contributed by atoms with Crippen molar-refractivity contribution in [1.29, 1.82) is 0 Å². The molecule has 0 spiro atoms. The van der Waals surface area contributed by atoms with Crippen LogP contribution in [0.1, 0.15) is 0 Å². The van der Waals surface area contributed by atoms with Crippen molar-refractivity contribution in [2.75, 3.05) is 13.7 Å². The van der Waals surface area contributed by atoms with Crippen LogP contribution in [0.2, 0.25) is 0 Å². The summed E-state index contributed by atoms with van der Waals surface area (Å²) in [4.78, 5) is 0. The van der Waals surface area contributed by atoms with E-state index in [1.54, 1.807) is 6.20 Å². The highest BCUT2D eigenvalue weighted by Gasteiger charge is 2.20. The normalized spacial score (nSPS) is 21.7. The number of likely N-dealkylation sites (N-methyl/N-ethyl adjacent to an activating group) is 1. The second-order valence-corrected chi connectivity index (χ2v) is 3.63. The second-order valence-electron chi connectivity index (χ2n) is 2.78. The average molecular weight is 232 g/mol. The van der Waals surface area contributed by atoms with Crippen LogP contribution in [0.15, 0.2) is 10.7 Å². The molecule has 5 heteroatoms. The van der Waals surface area contributed by atoms with E-state index in [4.69, 9.17) is 4.74 Å². The van der Waals surface area contributed by atoms with Gasteiger partial charge in [-0.05, 0) is 23.0 Å². The number of hydrogen-bond donors (Lipinski definition) is 1. The first-order valence-corrected chi connectivity index (χ1v) is 4.62. The summed E-state index contributed by atoms with van der Waals surface area (Å²) in [5.74, 6) is 0.835. The maximum Gasteiger partial charge on any atom is 0.226 e. The third-order valence-electron chi connectivity index (χ3n) is 1.97. The molecule has 0 amide bonds. The van der Waals surface area contributed by atoms with Crippen molar-refractivity contribution in [3.05, 3.63) is 10.7 Å². The molecule has 0 aromatic carbocycles. The number of fused-ring (bicyclic) bond motifs is 1. The molecule has 1 unspecified atom stereocenters. The van der Waals surface area contributed by atoms with Crippen molar-refractivity contribution in [2.24, 2.45) is 0 Å². The molecule has 1 aliphatic rings. The predicted molar refractivity (Wildman–Crippen MR) is 48.3 cm³/mol. The van der Waals surface area contributed by atoms with Crippen LogP contribution in [0, 0.1) is 0 Å². The summed E-state index contributed by atoms with van der Waals surface area (Å²) in [7, 11) is 1.93. The molecule has 2 rings (SSSR count). The highest BCUT2D eigenvalue weighted by molar-refractivity contribution is 9.10. The molecule has 0 saturated heterocycles. The van der Waals surface area contributed by atoms with Crippen molar-refractivity contribution in [2.45, 2.75) is 12.6 Å². The molecule has 1 aromatic rings. The van der Waals surface area contributed by atoms with Crippen LogP contribution in [0.3, 0.4) is 0 Å². The first-order valence-electron chi connectivity index (χ1n) is 3.82. The number of aromatic nitrogens is 2. The number of ether oxygens (including phenoxy) is 1. The summed E-state index contributed by atoms with van der Waals surface area (Å²) >= 11 is 3.37. The largest absolute Gasteiger partial charge is 0.475 e. The zero-order valence-corrected chi connectivity index (χ0v) is 8.34. The Bertz CT molecular complexity index is 286. The number of hydrogen-bond acceptors (Lipinski definition) is 3. The van der Waals surface area contributed by atoms with Crippen molar-refractivity contribution in [1.82, 2.24) is 15.1 Å². The quantitative estimate of drug-likeness (QED) is 0.771. The van der Waals surface area contributed by atoms with Crippen LogP contribution in [0.5, 0.6) is 5.88 Å². The van der Waals surface area contributed by atoms with Crippen LogP contribution in [-0.4, -0.2) is 29.5 Å². The molecule has 1 N–H and O–H groups in total. The van der Waals surface area contributed by atoms with Crippen molar-refractivity contribution in [3.63, 3.8) is 0 Å². The molecule has 1 atom stereocenters. The Kier molecular flexibility index (Phi) is 2.06. The topological polar surface area (TPSA) is 39.1 Å². The number of halogens is 1. The van der Waals surface area contributed by atoms with Gasteiger partial charge < -0.3 is 10.1 Å². The summed E-state index contributed by atoms with van der Waals surface area (Å²) in [5, 5.41) is 7.31. The Morgan fingerprint density at radius 1 is 1.83 bits per heavy atom. The molecule has 1 aromatic heterocycles. The van der Waals surface area contributed by atoms with Crippen molar-refractivity contribution < 1.29 is 4.74 Å². The molecule has 0 radical (unpaired) electrons. The van der Waals surface area contributed by atoms with Crippen LogP contribution in [0.4, 0.5) is 0 Å². The average Bonchev–Trinajstić information content (AvgIpc) is 2.47. The Morgan fingerprint density at radius 3 is 3.42 bits per heavy atom. The van der Waals surface area contributed by atoms with Gasteiger partial charge in [0.2, 0.25) is 5.88 Å². The number of rotatable bonds is 1. The lowest BCUT2D eigenvalue weighted by Crippen LogP contribution is -2.39. The number of nitrogens with zero attached hydrogens (tertiary/aromatic N) is 2. The van der Waals surface area contributed by atoms with Gasteiger partial charge in [0.25, 0.3) is 0 Å². The zero-order valence-electron chi connectivity index (χ0n) is 6.75. The third-order valence-corrected chi connectivity index (χ3v) is 2.52. The minimum atomic E-state index is 0.365. The summed E-state index contributed by atoms with van der Waals surface area (Å²) in [5.41, 5.74) is 0. The lowest BCUT2D eigenvalue weighted by Gasteiger charge is -2.23. The van der Waals surface area contributed by atoms with Gasteiger partial charge in [0, 0.05) is 0 Å². The molecule has 0 aliphatic carbocycles. The van der Waals surface area contributed by atoms with Crippen molar-refractivity contribution in [3.8, 4) is 5.88 Å². The van der Waals surface area contributed by atoms with E-state index in [0.717, 1.165) is 16.9 Å². The summed E-state index contributed by atoms with van der Waals surface area (Å²) in [6.45, 7) is 1.58. The molecule has 0 saturated carbocycles. The van der Waals surface area contributed by atoms with Gasteiger partial charge in [-0.3, -0.25) is 0 Å². The minimum absolute atomic E-state index is 0.365. The maximum absolute atomic E-state index is 5.49. The van der Waals surface area contributed by atoms with E-state index in [2.05, 4.69) is 26.3 Å². The molecule has 2 heterocycles. The van der Waals surface area contributed by atoms with E-state index < -0.39 is 0 Å². The van der Waals surface area contributed by atoms with Gasteiger partial charge in [0.15, 0.2) is 0 Å². The number of nitrogens with one attached hydrogen (secondary N) is 1. The first kappa shape index (κ1) is 8.07. The van der Waals surface area contributed by atoms with Crippen LogP contribution in [-0.2, 0) is 6.54 Å². The van der Waals surface area contributed by atoms with Gasteiger partial charge >= 0.3 is 0 Å². The van der Waals surface area contributed by atoms with E-state index in [-0.39, 0.29) is 0 Å². The predicted octanol–water partition coefficient (Wildman–Crippen LogP) is 0.626. The van der Waals surface area contributed by atoms with Crippen molar-refractivity contribution >= 4 is 15.9 Å². The molecule has 4 nitrogen and oxygen atoms in total. The fraction of sp³-hybridized carbons (Fsp3) is 0.571. The minimum Gasteiger partial charge on any atom is -0.475 e. The van der Waals surface area contributed by atoms with Gasteiger partial charge in [-0.25, -0.2) is 4.68 Å². The first-order chi connectivity index (χ1) is 5.81. The standard InChI is InChI=1S/C7H10BrN3O/c1-9-5-3-11-7(12-4-5)6(8)2-10-11/h2,5,9H,3-4H2,1H3. The summed E-state index contributed by atoms with van der Waals surface area (Å²) in [6.07, 6.45) is 1.76. The van der Waals surface area contributed by atoms with E-state index in [0.29, 0.717) is 12.6 Å². The van der Waals surface area contributed by atoms with Crippen LogP contribution >= 0.6 is 15.9 Å². The molecule has 0 fully saturated rings. The Balaban J connectivity index is 2.24. The van der Waals surface area contributed by atoms with Gasteiger partial charge in [0.1, 0.15) is 6.61 Å². The Hall–Kier alpha value is -0.550. The van der Waals surface area contributed by atoms with Gasteiger partial charge in [-0.15, -0.1) is 0 Å². The Morgan fingerprint density at radius 2 is 2.67 bits per heavy atom. The third kappa shape index (κ3) is 1.23. The van der Waals surface area contributed by atoms with E-state index in [1.807, 2.05) is 11.7 Å². The smallest absolute Gasteiger partial charge is 0.226 e. The molecule has 12 heavy (non-hydrogen) atoms. The maximum atomic E-state index is 5.49. The lowest BCUT2D eigenvalue weighted by molar-refractivity contribution is 0.188. The molecule has 1 aliphatic heterocycles. The fourth-order valence-corrected chi connectivity index (χ4v) is 1.65. The molecule has 0 bridgehead atoms. The zero-order chi connectivity index (χ0) is 8.55. The summed E-state index contributed by atoms with van der Waals surface area (Å²) < 4.78 is 8.27. The highest BCUT2D eigenvalue weighted by atomic mass is 79.9. The van der Waals surface area contributed by atoms with E-state index in [1.165, 1.54) is 0 Å². The lowest BCUT2D eigenvalue weighted by atomic mass is 10.3. The second kappa shape index (κ2) is 3.06. The SMILES string of the molecule is CNC1COc2c(Br)cnn2C1. The fourth-order valence-electron chi connectivity index (χ4n) is 1.24. The Labute approximate surface area is 79.0 Å². The van der Waals surface area contributed by atoms with Gasteiger partial charge in [0.05, 0.1) is 23.3 Å².